The van der Waals surface area contributed by atoms with Crippen molar-refractivity contribution in [2.24, 2.45) is 5.92 Å². The van der Waals surface area contributed by atoms with Gasteiger partial charge in [0.15, 0.2) is 0 Å². The van der Waals surface area contributed by atoms with Crippen molar-refractivity contribution in [3.8, 4) is 6.07 Å². The van der Waals surface area contributed by atoms with Crippen LogP contribution in [-0.4, -0.2) is 21.6 Å². The molecular formula is C28H27ClFN7. The van der Waals surface area contributed by atoms with Crippen LogP contribution in [0.5, 0.6) is 0 Å². The van der Waals surface area contributed by atoms with Crippen LogP contribution in [0.15, 0.2) is 54.5 Å². The van der Waals surface area contributed by atoms with Crippen molar-refractivity contribution < 1.29 is 5.76 Å². The summed E-state index contributed by atoms with van der Waals surface area (Å²) in [5.74, 6) is 0.266. The minimum Gasteiger partial charge on any atom is -0.378 e. The lowest BCUT2D eigenvalue weighted by atomic mass is 10.0. The maximum absolute atomic E-state index is 13.8. The van der Waals surface area contributed by atoms with Gasteiger partial charge in [-0.15, -0.1) is 5.53 Å². The largest absolute Gasteiger partial charge is 0.378 e. The third kappa shape index (κ3) is 4.22. The van der Waals surface area contributed by atoms with E-state index in [1.807, 2.05) is 17.3 Å². The van der Waals surface area contributed by atoms with Crippen LogP contribution in [0.3, 0.4) is 0 Å². The van der Waals surface area contributed by atoms with E-state index in [1.165, 1.54) is 25.0 Å². The molecule has 3 saturated carbocycles. The number of anilines is 2. The van der Waals surface area contributed by atoms with E-state index in [2.05, 4.69) is 32.6 Å². The molecule has 0 spiro atoms. The molecule has 188 valence electrons. The van der Waals surface area contributed by atoms with Crippen LogP contribution in [0.4, 0.5) is 15.8 Å². The van der Waals surface area contributed by atoms with Crippen molar-refractivity contribution >= 4 is 33.9 Å². The number of fused-ring (bicyclic) bond motifs is 1. The highest BCUT2D eigenvalue weighted by Gasteiger charge is 2.54. The minimum atomic E-state index is -1.49. The molecule has 4 N–H and O–H groups in total. The number of hydrogen-bond acceptors (Lipinski definition) is 7. The monoisotopic (exact) mass is 516 g/mol. The number of nitrogens with zero attached hydrogens (tertiary/aromatic N) is 3. The first-order valence-electron chi connectivity index (χ1n) is 13.3. The highest BCUT2D eigenvalue weighted by atomic mass is 35.5. The van der Waals surface area contributed by atoms with E-state index < -0.39 is 6.02 Å². The Hall–Kier alpha value is -3.54. The fraction of sp³-hybridized carbons (Fsp3) is 0.357. The predicted molar refractivity (Wildman–Crippen MR) is 142 cm³/mol. The van der Waals surface area contributed by atoms with Gasteiger partial charge in [0.1, 0.15) is 11.9 Å². The lowest BCUT2D eigenvalue weighted by Gasteiger charge is -2.23. The summed E-state index contributed by atoms with van der Waals surface area (Å²) in [5, 5.41) is 20.1. The molecule has 1 aromatic heterocycles. The number of rotatable bonds is 8. The Morgan fingerprint density at radius 3 is 2.68 bits per heavy atom. The summed E-state index contributed by atoms with van der Waals surface area (Å²) in [5.41, 5.74) is 9.83. The Bertz CT molecular complexity index is 1510. The number of pyridine rings is 1. The van der Waals surface area contributed by atoms with Crippen LogP contribution in [0, 0.1) is 23.1 Å². The van der Waals surface area contributed by atoms with Gasteiger partial charge in [-0.05, 0) is 74.3 Å². The molecular weight excluding hydrogens is 489 g/mol. The van der Waals surface area contributed by atoms with Crippen LogP contribution in [0.1, 0.15) is 57.0 Å². The van der Waals surface area contributed by atoms with Gasteiger partial charge in [0.25, 0.3) is 0 Å². The van der Waals surface area contributed by atoms with E-state index in [0.29, 0.717) is 45.0 Å². The van der Waals surface area contributed by atoms with Gasteiger partial charge in [-0.25, -0.2) is 4.39 Å². The first kappa shape index (κ1) is 21.5. The van der Waals surface area contributed by atoms with Gasteiger partial charge in [-0.2, -0.15) is 5.26 Å². The second kappa shape index (κ2) is 8.51. The summed E-state index contributed by atoms with van der Waals surface area (Å²) in [6.07, 6.45) is 10.2. The Kier molecular flexibility index (Phi) is 4.95. The molecule has 4 aliphatic rings. The van der Waals surface area contributed by atoms with Crippen molar-refractivity contribution in [3.05, 3.63) is 76.5 Å². The topological polar surface area (TPSA) is 88.0 Å². The Balaban J connectivity index is 1.32. The molecule has 7 nitrogen and oxygen atoms in total. The molecule has 0 radical (unpaired) electrons. The Morgan fingerprint density at radius 2 is 2.00 bits per heavy atom. The van der Waals surface area contributed by atoms with Crippen LogP contribution in [0.25, 0.3) is 10.9 Å². The minimum absolute atomic E-state index is 0.0413. The van der Waals surface area contributed by atoms with Crippen molar-refractivity contribution in [2.75, 3.05) is 10.6 Å². The highest BCUT2D eigenvalue weighted by Crippen LogP contribution is 2.56. The number of hydrazine groups is 2. The number of nitrogens with one attached hydrogen (secondary N) is 4. The van der Waals surface area contributed by atoms with Crippen molar-refractivity contribution in [1.82, 2.24) is 21.0 Å². The molecule has 3 aliphatic carbocycles. The quantitative estimate of drug-likeness (QED) is 0.304. The molecule has 3 fully saturated rings. The molecule has 2 heterocycles. The van der Waals surface area contributed by atoms with E-state index >= 15 is 0 Å². The molecule has 3 aromatic rings. The number of aromatic nitrogens is 1. The van der Waals surface area contributed by atoms with Crippen LogP contribution in [-0.2, 0) is 0 Å². The first-order chi connectivity index (χ1) is 18.4. The molecule has 2 aromatic carbocycles. The molecule has 7 rings (SSSR count). The number of benzene rings is 2. The number of hydrogen-bond donors (Lipinski definition) is 4. The summed E-state index contributed by atoms with van der Waals surface area (Å²) < 4.78 is 23.4. The Labute approximate surface area is 221 Å². The summed E-state index contributed by atoms with van der Waals surface area (Å²) in [6.45, 7) is 0. The van der Waals surface area contributed by atoms with Gasteiger partial charge in [0.05, 0.1) is 34.9 Å². The smallest absolute Gasteiger partial charge is 0.123 e. The third-order valence-electron chi connectivity index (χ3n) is 7.77. The van der Waals surface area contributed by atoms with Crippen LogP contribution < -0.4 is 21.6 Å². The van der Waals surface area contributed by atoms with Gasteiger partial charge < -0.3 is 16.1 Å². The fourth-order valence-electron chi connectivity index (χ4n) is 5.27. The average Bonchev–Trinajstić information content (AvgIpc) is 3.77. The molecule has 0 amide bonds. The fourth-order valence-corrected chi connectivity index (χ4v) is 5.53. The third-order valence-corrected chi connectivity index (χ3v) is 8.05. The highest BCUT2D eigenvalue weighted by molar-refractivity contribution is 6.35. The normalized spacial score (nSPS) is 21.9. The van der Waals surface area contributed by atoms with Crippen molar-refractivity contribution in [3.63, 3.8) is 0 Å². The predicted octanol–water partition coefficient (Wildman–Crippen LogP) is 5.74. The zero-order valence-corrected chi connectivity index (χ0v) is 20.9. The van der Waals surface area contributed by atoms with Gasteiger partial charge in [-0.1, -0.05) is 23.7 Å². The molecule has 1 atom stereocenters. The molecule has 9 heteroatoms. The van der Waals surface area contributed by atoms with Crippen LogP contribution in [0.2, 0.25) is 5.02 Å². The van der Waals surface area contributed by atoms with E-state index in [1.54, 1.807) is 24.4 Å². The number of halogens is 2. The first-order valence-corrected chi connectivity index (χ1v) is 13.1. The molecule has 1 aliphatic heterocycles. The zero-order chi connectivity index (χ0) is 26.1. The van der Waals surface area contributed by atoms with E-state index in [4.69, 9.17) is 11.6 Å². The zero-order valence-electron chi connectivity index (χ0n) is 21.1. The van der Waals surface area contributed by atoms with Gasteiger partial charge in [-0.3, -0.25) is 9.99 Å². The molecule has 0 unspecified atom stereocenters. The summed E-state index contributed by atoms with van der Waals surface area (Å²) in [7, 11) is 0. The van der Waals surface area contributed by atoms with E-state index in [0.717, 1.165) is 36.8 Å². The SMILES string of the molecule is [2H][C@@](Nc1cc(Cl)c2ncc(C#N)c(NC3(C4CC4)CC3)c2c1)(C1=CN(C2CC2)NN1)c1ccc(F)cc1. The number of nitriles is 1. The van der Waals surface area contributed by atoms with E-state index in [9.17, 15) is 11.0 Å². The second-order valence-electron chi connectivity index (χ2n) is 10.5. The maximum Gasteiger partial charge on any atom is 0.123 e. The Morgan fingerprint density at radius 1 is 1.22 bits per heavy atom. The van der Waals surface area contributed by atoms with Crippen LogP contribution >= 0.6 is 11.6 Å². The van der Waals surface area contributed by atoms with E-state index in [-0.39, 0.29) is 11.4 Å². The lowest BCUT2D eigenvalue weighted by molar-refractivity contribution is 0.260. The standard InChI is InChI=1S/C28H27ClFN7/c29-23-12-20(11-22-25(17(13-31)14-32-27(22)23)34-28(9-10-28)18-3-4-18)33-26(16-1-5-19(30)6-2-16)24-15-37(36-35-24)21-7-8-21/h1-2,5-6,11-12,14-15,18,21,26,33,35-36H,3-4,7-10H2,(H,32,34)/t26-/m0/s1/i26D. The second-order valence-corrected chi connectivity index (χ2v) is 10.9. The van der Waals surface area contributed by atoms with Gasteiger partial charge in [0, 0.05) is 35.1 Å². The summed E-state index contributed by atoms with van der Waals surface area (Å²) >= 11 is 6.74. The summed E-state index contributed by atoms with van der Waals surface area (Å²) in [4.78, 5) is 4.49. The van der Waals surface area contributed by atoms with Gasteiger partial charge >= 0.3 is 0 Å². The maximum atomic E-state index is 13.8. The average molecular weight is 517 g/mol. The molecule has 0 bridgehead atoms. The van der Waals surface area contributed by atoms with Crippen molar-refractivity contribution in [2.45, 2.75) is 56.1 Å². The molecule has 37 heavy (non-hydrogen) atoms. The lowest BCUT2D eigenvalue weighted by Crippen LogP contribution is -2.38. The summed E-state index contributed by atoms with van der Waals surface area (Å²) in [6, 6.07) is 10.8. The molecule has 0 saturated heterocycles. The van der Waals surface area contributed by atoms with Crippen molar-refractivity contribution in [1.29, 1.82) is 5.26 Å². The van der Waals surface area contributed by atoms with Gasteiger partial charge in [0.2, 0.25) is 0 Å².